The summed E-state index contributed by atoms with van der Waals surface area (Å²) in [5, 5.41) is 3.22. The third-order valence-corrected chi connectivity index (χ3v) is 3.92. The molecule has 1 N–H and O–H groups in total. The Labute approximate surface area is 157 Å². The molecule has 7 heteroatoms. The molecular weight excluding hydrogens is 349 g/mol. The van der Waals surface area contributed by atoms with Gasteiger partial charge < -0.3 is 19.5 Å². The summed E-state index contributed by atoms with van der Waals surface area (Å²) in [5.41, 5.74) is 0.937. The van der Waals surface area contributed by atoms with Crippen molar-refractivity contribution in [1.29, 1.82) is 0 Å². The van der Waals surface area contributed by atoms with E-state index >= 15 is 0 Å². The van der Waals surface area contributed by atoms with Gasteiger partial charge in [0, 0.05) is 23.9 Å². The first-order valence-electron chi connectivity index (χ1n) is 8.34. The van der Waals surface area contributed by atoms with Crippen LogP contribution in [-0.2, 0) is 0 Å². The minimum atomic E-state index is -0.324. The van der Waals surface area contributed by atoms with Crippen molar-refractivity contribution in [3.63, 3.8) is 0 Å². The van der Waals surface area contributed by atoms with Crippen LogP contribution in [0.3, 0.4) is 0 Å². The summed E-state index contributed by atoms with van der Waals surface area (Å²) >= 11 is 0. The number of benzene rings is 2. The number of anilines is 1. The van der Waals surface area contributed by atoms with Crippen molar-refractivity contribution in [2.24, 2.45) is 0 Å². The van der Waals surface area contributed by atoms with Crippen LogP contribution in [0.2, 0.25) is 0 Å². The highest BCUT2D eigenvalue weighted by Crippen LogP contribution is 2.31. The Morgan fingerprint density at radius 1 is 0.963 bits per heavy atom. The Kier molecular flexibility index (Phi) is 5.71. The molecule has 1 unspecified atom stereocenters. The number of halogens is 1. The maximum Gasteiger partial charge on any atom is 0.226 e. The summed E-state index contributed by atoms with van der Waals surface area (Å²) in [6.07, 6.45) is 1.59. The zero-order valence-electron chi connectivity index (χ0n) is 15.3. The van der Waals surface area contributed by atoms with E-state index in [9.17, 15) is 4.39 Å². The molecule has 0 fully saturated rings. The molecule has 140 valence electrons. The first kappa shape index (κ1) is 18.4. The minimum Gasteiger partial charge on any atom is -0.497 e. The molecule has 1 heterocycles. The van der Waals surface area contributed by atoms with Gasteiger partial charge in [-0.1, -0.05) is 0 Å². The molecule has 0 aliphatic heterocycles. The third-order valence-electron chi connectivity index (χ3n) is 3.92. The van der Waals surface area contributed by atoms with E-state index in [0.29, 0.717) is 29.1 Å². The number of ether oxygens (including phenoxy) is 3. The number of hydrogen-bond acceptors (Lipinski definition) is 6. The van der Waals surface area contributed by atoms with Crippen LogP contribution >= 0.6 is 0 Å². The van der Waals surface area contributed by atoms with E-state index in [1.54, 1.807) is 26.5 Å². The van der Waals surface area contributed by atoms with Crippen molar-refractivity contribution < 1.29 is 18.6 Å². The molecule has 0 spiro atoms. The highest BCUT2D eigenvalue weighted by molar-refractivity contribution is 5.45. The van der Waals surface area contributed by atoms with Gasteiger partial charge in [-0.25, -0.2) is 9.37 Å². The van der Waals surface area contributed by atoms with Crippen LogP contribution in [0.15, 0.2) is 54.7 Å². The topological polar surface area (TPSA) is 65.5 Å². The predicted molar refractivity (Wildman–Crippen MR) is 100 cm³/mol. The summed E-state index contributed by atoms with van der Waals surface area (Å²) in [5.74, 6) is 2.34. The van der Waals surface area contributed by atoms with Gasteiger partial charge in [-0.15, -0.1) is 0 Å². The standard InChI is InChI=1S/C20H20FN3O3/c1-13(17-9-8-16(25-2)12-18(17)26-3)23-20-22-11-10-19(24-20)27-15-6-4-14(21)5-7-15/h4-13H,1-3H3,(H,22,23,24). The van der Waals surface area contributed by atoms with E-state index in [0.717, 1.165) is 5.56 Å². The first-order valence-corrected chi connectivity index (χ1v) is 8.34. The fourth-order valence-electron chi connectivity index (χ4n) is 2.54. The van der Waals surface area contributed by atoms with Crippen LogP contribution in [0.1, 0.15) is 18.5 Å². The molecule has 1 aromatic heterocycles. The molecule has 27 heavy (non-hydrogen) atoms. The molecule has 0 aliphatic carbocycles. The molecule has 0 aliphatic rings. The van der Waals surface area contributed by atoms with Crippen molar-refractivity contribution in [1.82, 2.24) is 9.97 Å². The summed E-state index contributed by atoms with van der Waals surface area (Å²) in [6.45, 7) is 1.97. The second-order valence-corrected chi connectivity index (χ2v) is 5.75. The van der Waals surface area contributed by atoms with Gasteiger partial charge in [-0.05, 0) is 43.3 Å². The molecule has 0 saturated heterocycles. The number of aromatic nitrogens is 2. The number of methoxy groups -OCH3 is 2. The van der Waals surface area contributed by atoms with Crippen molar-refractivity contribution in [3.8, 4) is 23.1 Å². The lowest BCUT2D eigenvalue weighted by molar-refractivity contribution is 0.390. The van der Waals surface area contributed by atoms with Crippen LogP contribution < -0.4 is 19.5 Å². The summed E-state index contributed by atoms with van der Waals surface area (Å²) in [4.78, 5) is 8.56. The van der Waals surface area contributed by atoms with Gasteiger partial charge in [-0.2, -0.15) is 4.98 Å². The molecule has 0 saturated carbocycles. The second-order valence-electron chi connectivity index (χ2n) is 5.75. The normalized spacial score (nSPS) is 11.6. The summed E-state index contributed by atoms with van der Waals surface area (Å²) in [6, 6.07) is 12.9. The molecule has 0 bridgehead atoms. The number of rotatable bonds is 7. The molecule has 6 nitrogen and oxygen atoms in total. The molecule has 0 amide bonds. The number of nitrogens with zero attached hydrogens (tertiary/aromatic N) is 2. The van der Waals surface area contributed by atoms with Crippen molar-refractivity contribution in [2.75, 3.05) is 19.5 Å². The third kappa shape index (κ3) is 4.63. The van der Waals surface area contributed by atoms with E-state index in [1.807, 2.05) is 25.1 Å². The van der Waals surface area contributed by atoms with Crippen LogP contribution in [0, 0.1) is 5.82 Å². The fraction of sp³-hybridized carbons (Fsp3) is 0.200. The average molecular weight is 369 g/mol. The van der Waals surface area contributed by atoms with Crippen LogP contribution in [0.4, 0.5) is 10.3 Å². The van der Waals surface area contributed by atoms with Gasteiger partial charge in [0.05, 0.1) is 20.3 Å². The lowest BCUT2D eigenvalue weighted by Crippen LogP contribution is -2.11. The Hall–Kier alpha value is -3.35. The van der Waals surface area contributed by atoms with Crippen molar-refractivity contribution in [3.05, 3.63) is 66.1 Å². The molecule has 3 rings (SSSR count). The first-order chi connectivity index (χ1) is 13.1. The maximum absolute atomic E-state index is 13.0. The lowest BCUT2D eigenvalue weighted by Gasteiger charge is -2.18. The van der Waals surface area contributed by atoms with E-state index < -0.39 is 0 Å². The zero-order valence-corrected chi connectivity index (χ0v) is 15.3. The van der Waals surface area contributed by atoms with Gasteiger partial charge in [0.25, 0.3) is 0 Å². The van der Waals surface area contributed by atoms with Crippen LogP contribution in [0.5, 0.6) is 23.1 Å². The zero-order chi connectivity index (χ0) is 19.2. The number of nitrogens with one attached hydrogen (secondary N) is 1. The summed E-state index contributed by atoms with van der Waals surface area (Å²) in [7, 11) is 3.22. The molecule has 0 radical (unpaired) electrons. The maximum atomic E-state index is 13.0. The van der Waals surface area contributed by atoms with Crippen molar-refractivity contribution >= 4 is 5.95 Å². The Balaban J connectivity index is 1.75. The molecule has 1 atom stereocenters. The molecule has 2 aromatic carbocycles. The van der Waals surface area contributed by atoms with Crippen LogP contribution in [0.25, 0.3) is 0 Å². The Bertz CT molecular complexity index is 903. The second kappa shape index (κ2) is 8.35. The Morgan fingerprint density at radius 3 is 2.41 bits per heavy atom. The molecular formula is C20H20FN3O3. The van der Waals surface area contributed by atoms with E-state index in [-0.39, 0.29) is 11.9 Å². The number of hydrogen-bond donors (Lipinski definition) is 1. The predicted octanol–water partition coefficient (Wildman–Crippen LogP) is 4.60. The quantitative estimate of drug-likeness (QED) is 0.657. The van der Waals surface area contributed by atoms with Gasteiger partial charge in [0.15, 0.2) is 0 Å². The van der Waals surface area contributed by atoms with E-state index in [2.05, 4.69) is 15.3 Å². The van der Waals surface area contributed by atoms with E-state index in [1.165, 1.54) is 24.3 Å². The largest absolute Gasteiger partial charge is 0.497 e. The summed E-state index contributed by atoms with van der Waals surface area (Å²) < 4.78 is 29.3. The lowest BCUT2D eigenvalue weighted by atomic mass is 10.1. The van der Waals surface area contributed by atoms with Crippen LogP contribution in [-0.4, -0.2) is 24.2 Å². The van der Waals surface area contributed by atoms with Gasteiger partial charge in [-0.3, -0.25) is 0 Å². The SMILES string of the molecule is COc1ccc(C(C)Nc2nccc(Oc3ccc(F)cc3)n2)c(OC)c1. The Morgan fingerprint density at radius 2 is 1.70 bits per heavy atom. The average Bonchev–Trinajstić information content (AvgIpc) is 2.69. The fourth-order valence-corrected chi connectivity index (χ4v) is 2.54. The smallest absolute Gasteiger partial charge is 0.226 e. The van der Waals surface area contributed by atoms with Crippen molar-refractivity contribution in [2.45, 2.75) is 13.0 Å². The van der Waals surface area contributed by atoms with E-state index in [4.69, 9.17) is 14.2 Å². The highest BCUT2D eigenvalue weighted by Gasteiger charge is 2.14. The van der Waals surface area contributed by atoms with Gasteiger partial charge in [0.2, 0.25) is 11.8 Å². The highest BCUT2D eigenvalue weighted by atomic mass is 19.1. The monoisotopic (exact) mass is 369 g/mol. The van der Waals surface area contributed by atoms with Gasteiger partial charge in [0.1, 0.15) is 23.1 Å². The molecule has 3 aromatic rings. The van der Waals surface area contributed by atoms with Gasteiger partial charge >= 0.3 is 0 Å². The minimum absolute atomic E-state index is 0.119.